The van der Waals surface area contributed by atoms with E-state index in [0.29, 0.717) is 13.0 Å². The van der Waals surface area contributed by atoms with Gasteiger partial charge in [-0.25, -0.2) is 4.98 Å². The summed E-state index contributed by atoms with van der Waals surface area (Å²) in [5, 5.41) is 0.820. The number of anilines is 1. The molecule has 29 heavy (non-hydrogen) atoms. The first-order valence-corrected chi connectivity index (χ1v) is 11.8. The number of benzene rings is 2. The summed E-state index contributed by atoms with van der Waals surface area (Å²) >= 11 is 3.36. The van der Waals surface area contributed by atoms with Gasteiger partial charge in [0.05, 0.1) is 37.4 Å². The molecule has 0 saturated heterocycles. The van der Waals surface area contributed by atoms with Crippen molar-refractivity contribution in [2.45, 2.75) is 32.1 Å². The van der Waals surface area contributed by atoms with Gasteiger partial charge in [-0.2, -0.15) is 0 Å². The molecule has 1 heterocycles. The number of thioether (sulfide) groups is 1. The van der Waals surface area contributed by atoms with Gasteiger partial charge >= 0.3 is 0 Å². The van der Waals surface area contributed by atoms with E-state index in [1.165, 1.54) is 31.2 Å². The van der Waals surface area contributed by atoms with E-state index >= 15 is 0 Å². The van der Waals surface area contributed by atoms with Gasteiger partial charge in [0.2, 0.25) is 5.91 Å². The molecule has 154 valence electrons. The molecule has 0 saturated carbocycles. The highest BCUT2D eigenvalue weighted by molar-refractivity contribution is 7.99. The van der Waals surface area contributed by atoms with Crippen molar-refractivity contribution in [3.05, 3.63) is 53.1 Å². The monoisotopic (exact) mass is 428 g/mol. The maximum atomic E-state index is 13.1. The summed E-state index contributed by atoms with van der Waals surface area (Å²) in [6.07, 6.45) is 0.509. The first-order valence-electron chi connectivity index (χ1n) is 10.00. The van der Waals surface area contributed by atoms with Crippen molar-refractivity contribution in [3.63, 3.8) is 0 Å². The molecule has 0 aliphatic rings. The molecule has 3 rings (SSSR count). The zero-order valence-corrected chi connectivity index (χ0v) is 19.5. The van der Waals surface area contributed by atoms with Crippen LogP contribution in [0.4, 0.5) is 5.13 Å². The quantitative estimate of drug-likeness (QED) is 0.553. The van der Waals surface area contributed by atoms with Crippen molar-refractivity contribution in [1.29, 1.82) is 0 Å². The second-order valence-electron chi connectivity index (χ2n) is 7.84. The molecular formula is C23H30N3OS2+. The lowest BCUT2D eigenvalue weighted by atomic mass is 10.1. The van der Waals surface area contributed by atoms with E-state index in [9.17, 15) is 4.79 Å². The average Bonchev–Trinajstić information content (AvgIpc) is 3.07. The summed E-state index contributed by atoms with van der Waals surface area (Å²) in [5.41, 5.74) is 4.68. The van der Waals surface area contributed by atoms with Crippen LogP contribution in [0.2, 0.25) is 0 Å². The number of thiazole rings is 1. The smallest absolute Gasteiger partial charge is 0.229 e. The SMILES string of the molecule is Cc1ccc(SCCC(=O)N(CC[NH+](C)C)c2nc3cc(C)cc(C)c3s2)cc1. The standard InChI is InChI=1S/C23H29N3OS2/c1-16-6-8-19(9-7-16)28-13-10-21(27)26(12-11-25(4)5)23-24-20-15-17(2)14-18(3)22(20)29-23/h6-9,14-15H,10-13H2,1-5H3/p+1. The number of quaternary nitrogens is 1. The number of aryl methyl sites for hydroxylation is 3. The fraction of sp³-hybridized carbons (Fsp3) is 0.391. The lowest BCUT2D eigenvalue weighted by Gasteiger charge is -2.20. The summed E-state index contributed by atoms with van der Waals surface area (Å²) in [4.78, 5) is 22.3. The summed E-state index contributed by atoms with van der Waals surface area (Å²) in [6.45, 7) is 7.88. The van der Waals surface area contributed by atoms with E-state index in [2.05, 4.69) is 71.3 Å². The van der Waals surface area contributed by atoms with Gasteiger partial charge in [-0.15, -0.1) is 11.8 Å². The van der Waals surface area contributed by atoms with Crippen LogP contribution in [-0.2, 0) is 4.79 Å². The zero-order chi connectivity index (χ0) is 21.0. The Kier molecular flexibility index (Phi) is 7.33. The van der Waals surface area contributed by atoms with Crippen LogP contribution in [0.5, 0.6) is 0 Å². The normalized spacial score (nSPS) is 11.4. The van der Waals surface area contributed by atoms with E-state index < -0.39 is 0 Å². The van der Waals surface area contributed by atoms with Crippen molar-refractivity contribution in [2.75, 3.05) is 37.8 Å². The molecule has 0 fully saturated rings. The third kappa shape index (κ3) is 5.81. The highest BCUT2D eigenvalue weighted by Crippen LogP contribution is 2.32. The highest BCUT2D eigenvalue weighted by atomic mass is 32.2. The number of amides is 1. The lowest BCUT2D eigenvalue weighted by Crippen LogP contribution is -3.06. The maximum Gasteiger partial charge on any atom is 0.229 e. The largest absolute Gasteiger partial charge is 0.338 e. The summed E-state index contributed by atoms with van der Waals surface area (Å²) < 4.78 is 1.18. The van der Waals surface area contributed by atoms with Crippen LogP contribution < -0.4 is 9.80 Å². The molecule has 1 N–H and O–H groups in total. The molecule has 0 bridgehead atoms. The number of carbonyl (C=O) groups is 1. The number of hydrogen-bond donors (Lipinski definition) is 1. The number of nitrogens with zero attached hydrogens (tertiary/aromatic N) is 2. The number of carbonyl (C=O) groups excluding carboxylic acids is 1. The Morgan fingerprint density at radius 2 is 1.83 bits per heavy atom. The molecule has 0 aliphatic heterocycles. The van der Waals surface area contributed by atoms with Gasteiger partial charge in [0.1, 0.15) is 0 Å². The van der Waals surface area contributed by atoms with Crippen LogP contribution in [-0.4, -0.2) is 43.8 Å². The van der Waals surface area contributed by atoms with Crippen molar-refractivity contribution in [1.82, 2.24) is 4.98 Å². The Morgan fingerprint density at radius 1 is 1.10 bits per heavy atom. The fourth-order valence-corrected chi connectivity index (χ4v) is 5.07. The molecule has 6 heteroatoms. The minimum Gasteiger partial charge on any atom is -0.338 e. The van der Waals surface area contributed by atoms with Crippen LogP contribution in [0.1, 0.15) is 23.1 Å². The van der Waals surface area contributed by atoms with Gasteiger partial charge in [-0.3, -0.25) is 9.69 Å². The zero-order valence-electron chi connectivity index (χ0n) is 17.9. The van der Waals surface area contributed by atoms with Gasteiger partial charge in [-0.05, 0) is 50.1 Å². The summed E-state index contributed by atoms with van der Waals surface area (Å²) in [5.74, 6) is 0.926. The predicted octanol–water partition coefficient (Wildman–Crippen LogP) is 3.88. The third-order valence-electron chi connectivity index (χ3n) is 4.78. The number of aromatic nitrogens is 1. The topological polar surface area (TPSA) is 37.6 Å². The Bertz CT molecular complexity index is 980. The van der Waals surface area contributed by atoms with Crippen LogP contribution >= 0.6 is 23.1 Å². The molecule has 4 nitrogen and oxygen atoms in total. The number of likely N-dealkylation sites (N-methyl/N-ethyl adjacent to an activating group) is 1. The van der Waals surface area contributed by atoms with Crippen LogP contribution in [0.3, 0.4) is 0 Å². The van der Waals surface area contributed by atoms with Crippen molar-refractivity contribution in [3.8, 4) is 0 Å². The first-order chi connectivity index (χ1) is 13.8. The Labute approximate surface area is 181 Å². The van der Waals surface area contributed by atoms with Crippen molar-refractivity contribution < 1.29 is 9.69 Å². The van der Waals surface area contributed by atoms with Crippen LogP contribution in [0.15, 0.2) is 41.3 Å². The highest BCUT2D eigenvalue weighted by Gasteiger charge is 2.21. The van der Waals surface area contributed by atoms with E-state index in [4.69, 9.17) is 4.98 Å². The molecule has 0 unspecified atom stereocenters. The molecule has 2 aromatic carbocycles. The van der Waals surface area contributed by atoms with Gasteiger partial charge in [0.15, 0.2) is 5.13 Å². The first kappa shape index (κ1) is 21.8. The maximum absolute atomic E-state index is 13.1. The Hall–Kier alpha value is -1.89. The van der Waals surface area contributed by atoms with E-state index in [0.717, 1.165) is 22.9 Å². The Balaban J connectivity index is 1.74. The molecule has 1 amide bonds. The van der Waals surface area contributed by atoms with Gasteiger partial charge in [-0.1, -0.05) is 35.1 Å². The molecule has 0 spiro atoms. The van der Waals surface area contributed by atoms with E-state index in [1.807, 2.05) is 4.90 Å². The minimum atomic E-state index is 0.152. The number of rotatable bonds is 8. The second kappa shape index (κ2) is 9.74. The summed E-state index contributed by atoms with van der Waals surface area (Å²) in [7, 11) is 4.23. The van der Waals surface area contributed by atoms with Gasteiger partial charge in [0, 0.05) is 17.1 Å². The van der Waals surface area contributed by atoms with Crippen molar-refractivity contribution in [2.24, 2.45) is 0 Å². The number of nitrogens with one attached hydrogen (secondary N) is 1. The third-order valence-corrected chi connectivity index (χ3v) is 7.03. The lowest BCUT2D eigenvalue weighted by molar-refractivity contribution is -0.856. The summed E-state index contributed by atoms with van der Waals surface area (Å²) in [6, 6.07) is 12.8. The number of hydrogen-bond acceptors (Lipinski definition) is 4. The van der Waals surface area contributed by atoms with Gasteiger partial charge in [0.25, 0.3) is 0 Å². The molecule has 0 aliphatic carbocycles. The van der Waals surface area contributed by atoms with Crippen LogP contribution in [0, 0.1) is 20.8 Å². The average molecular weight is 429 g/mol. The van der Waals surface area contributed by atoms with Crippen LogP contribution in [0.25, 0.3) is 10.2 Å². The minimum absolute atomic E-state index is 0.152. The second-order valence-corrected chi connectivity index (χ2v) is 9.99. The fourth-order valence-electron chi connectivity index (χ4n) is 3.17. The molecule has 0 atom stereocenters. The van der Waals surface area contributed by atoms with E-state index in [1.54, 1.807) is 23.1 Å². The van der Waals surface area contributed by atoms with Crippen molar-refractivity contribution >= 4 is 44.4 Å². The predicted molar refractivity (Wildman–Crippen MR) is 126 cm³/mol. The van der Waals surface area contributed by atoms with Gasteiger partial charge < -0.3 is 4.90 Å². The molecule has 0 radical (unpaired) electrons. The molecular weight excluding hydrogens is 398 g/mol. The van der Waals surface area contributed by atoms with E-state index in [-0.39, 0.29) is 5.91 Å². The Morgan fingerprint density at radius 3 is 2.52 bits per heavy atom. The number of fused-ring (bicyclic) bond motifs is 1. The molecule has 3 aromatic rings. The molecule has 1 aromatic heterocycles.